The molecule has 1 aromatic heterocycles. The van der Waals surface area contributed by atoms with Crippen molar-refractivity contribution in [2.45, 2.75) is 23.3 Å². The first-order valence-corrected chi connectivity index (χ1v) is 7.94. The van der Waals surface area contributed by atoms with Gasteiger partial charge in [0.1, 0.15) is 0 Å². The maximum Gasteiger partial charge on any atom is 0.254 e. The molecule has 1 aromatic rings. The van der Waals surface area contributed by atoms with Crippen LogP contribution in [0.5, 0.6) is 0 Å². The van der Waals surface area contributed by atoms with Crippen molar-refractivity contribution in [2.24, 2.45) is 0 Å². The van der Waals surface area contributed by atoms with Gasteiger partial charge in [-0.05, 0) is 6.92 Å². The minimum absolute atomic E-state index is 0.110. The number of ether oxygens (including phenoxy) is 1. The second-order valence-electron chi connectivity index (χ2n) is 4.01. The van der Waals surface area contributed by atoms with Gasteiger partial charge in [-0.1, -0.05) is 22.9 Å². The molecule has 0 saturated carbocycles. The van der Waals surface area contributed by atoms with E-state index in [1.54, 1.807) is 6.92 Å². The Labute approximate surface area is 114 Å². The number of rotatable bonds is 3. The van der Waals surface area contributed by atoms with Gasteiger partial charge in [0.2, 0.25) is 0 Å². The molecule has 102 valence electrons. The van der Waals surface area contributed by atoms with Crippen LogP contribution in [0.2, 0.25) is 4.47 Å². The molecule has 0 spiro atoms. The molecule has 9 heteroatoms. The molecule has 1 fully saturated rings. The van der Waals surface area contributed by atoms with E-state index in [1.165, 1.54) is 10.5 Å². The third kappa shape index (κ3) is 2.84. The van der Waals surface area contributed by atoms with E-state index in [9.17, 15) is 8.42 Å². The molecule has 0 bridgehead atoms. The lowest BCUT2D eigenvalue weighted by Gasteiger charge is -2.34. The molecule has 2 rings (SSSR count). The summed E-state index contributed by atoms with van der Waals surface area (Å²) in [5.41, 5.74) is 0. The van der Waals surface area contributed by atoms with Crippen LogP contribution >= 0.6 is 22.9 Å². The van der Waals surface area contributed by atoms with Gasteiger partial charge in [0.25, 0.3) is 10.0 Å². The van der Waals surface area contributed by atoms with Gasteiger partial charge in [0, 0.05) is 13.1 Å². The normalized spacial score (nSPS) is 26.4. The fourth-order valence-electron chi connectivity index (χ4n) is 1.79. The van der Waals surface area contributed by atoms with Crippen LogP contribution in [0, 0.1) is 0 Å². The second kappa shape index (κ2) is 5.40. The van der Waals surface area contributed by atoms with Gasteiger partial charge in [-0.2, -0.15) is 4.31 Å². The van der Waals surface area contributed by atoms with Crippen LogP contribution in [-0.2, 0) is 14.8 Å². The van der Waals surface area contributed by atoms with Crippen molar-refractivity contribution < 1.29 is 18.3 Å². The summed E-state index contributed by atoms with van der Waals surface area (Å²) in [6, 6.07) is 0. The highest BCUT2D eigenvalue weighted by atomic mass is 35.5. The molecular weight excluding hydrogens is 300 g/mol. The first-order chi connectivity index (χ1) is 8.43. The summed E-state index contributed by atoms with van der Waals surface area (Å²) >= 11 is 6.57. The zero-order chi connectivity index (χ0) is 13.3. The molecule has 2 unspecified atom stereocenters. The standard InChI is InChI=1S/C9H13ClN2O4S2/c1-6-3-12(4-7(5-13)16-6)18(14,15)8-2-11-9(10)17-8/h2,6-7,13H,3-5H2,1H3. The third-order valence-corrected chi connectivity index (χ3v) is 5.93. The molecule has 0 aromatic carbocycles. The largest absolute Gasteiger partial charge is 0.394 e. The topological polar surface area (TPSA) is 79.7 Å². The summed E-state index contributed by atoms with van der Waals surface area (Å²) in [6.45, 7) is 1.96. The number of nitrogens with zero attached hydrogens (tertiary/aromatic N) is 2. The van der Waals surface area contributed by atoms with E-state index in [1.807, 2.05) is 0 Å². The Morgan fingerprint density at radius 1 is 1.67 bits per heavy atom. The van der Waals surface area contributed by atoms with Crippen LogP contribution in [0.1, 0.15) is 6.92 Å². The molecule has 0 amide bonds. The van der Waals surface area contributed by atoms with Crippen LogP contribution in [0.25, 0.3) is 0 Å². The molecule has 2 atom stereocenters. The Hall–Kier alpha value is -0.250. The fourth-order valence-corrected chi connectivity index (χ4v) is 4.78. The minimum atomic E-state index is -3.60. The molecule has 18 heavy (non-hydrogen) atoms. The number of morpholine rings is 1. The van der Waals surface area contributed by atoms with Crippen molar-refractivity contribution in [3.05, 3.63) is 10.7 Å². The highest BCUT2D eigenvalue weighted by Crippen LogP contribution is 2.27. The van der Waals surface area contributed by atoms with E-state index < -0.39 is 16.1 Å². The minimum Gasteiger partial charge on any atom is -0.394 e. The van der Waals surface area contributed by atoms with Gasteiger partial charge in [-0.15, -0.1) is 0 Å². The van der Waals surface area contributed by atoms with Crippen molar-refractivity contribution in [3.63, 3.8) is 0 Å². The van der Waals surface area contributed by atoms with Gasteiger partial charge in [0.15, 0.2) is 8.68 Å². The summed E-state index contributed by atoms with van der Waals surface area (Å²) in [6.07, 6.45) is 0.497. The third-order valence-electron chi connectivity index (χ3n) is 2.55. The number of aliphatic hydroxyl groups excluding tert-OH is 1. The van der Waals surface area contributed by atoms with Crippen molar-refractivity contribution >= 4 is 33.0 Å². The summed E-state index contributed by atoms with van der Waals surface area (Å²) in [4.78, 5) is 3.73. The number of sulfonamides is 1. The van der Waals surface area contributed by atoms with Crippen molar-refractivity contribution in [1.82, 2.24) is 9.29 Å². The number of hydrogen-bond donors (Lipinski definition) is 1. The Morgan fingerprint density at radius 3 is 2.94 bits per heavy atom. The Bertz CT molecular complexity index is 518. The molecule has 1 saturated heterocycles. The molecule has 0 radical (unpaired) electrons. The molecular formula is C9H13ClN2O4S2. The number of thiazole rings is 1. The summed E-state index contributed by atoms with van der Waals surface area (Å²) in [5.74, 6) is 0. The average molecular weight is 313 g/mol. The monoisotopic (exact) mass is 312 g/mol. The van der Waals surface area contributed by atoms with Crippen molar-refractivity contribution in [1.29, 1.82) is 0 Å². The Balaban J connectivity index is 2.24. The lowest BCUT2D eigenvalue weighted by Crippen LogP contribution is -2.50. The average Bonchev–Trinajstić information content (AvgIpc) is 2.75. The van der Waals surface area contributed by atoms with Gasteiger partial charge >= 0.3 is 0 Å². The smallest absolute Gasteiger partial charge is 0.254 e. The SMILES string of the molecule is CC1CN(S(=O)(=O)c2cnc(Cl)s2)CC(CO)O1. The van der Waals surface area contributed by atoms with Gasteiger partial charge in [-0.25, -0.2) is 13.4 Å². The summed E-state index contributed by atoms with van der Waals surface area (Å²) in [7, 11) is -3.60. The predicted octanol–water partition coefficient (Wildman–Crippen LogP) is 0.567. The Morgan fingerprint density at radius 2 is 2.39 bits per heavy atom. The van der Waals surface area contributed by atoms with E-state index in [-0.39, 0.29) is 34.5 Å². The van der Waals surface area contributed by atoms with Gasteiger partial charge in [0.05, 0.1) is 25.0 Å². The van der Waals surface area contributed by atoms with E-state index >= 15 is 0 Å². The molecule has 0 aliphatic carbocycles. The first-order valence-electron chi connectivity index (χ1n) is 5.31. The zero-order valence-electron chi connectivity index (χ0n) is 9.61. The van der Waals surface area contributed by atoms with Crippen molar-refractivity contribution in [3.8, 4) is 0 Å². The van der Waals surface area contributed by atoms with E-state index in [0.29, 0.717) is 0 Å². The van der Waals surface area contributed by atoms with E-state index in [4.69, 9.17) is 21.4 Å². The van der Waals surface area contributed by atoms with Crippen LogP contribution in [0.15, 0.2) is 10.4 Å². The summed E-state index contributed by atoms with van der Waals surface area (Å²) in [5, 5.41) is 9.09. The number of aliphatic hydroxyl groups is 1. The number of aromatic nitrogens is 1. The molecule has 1 aliphatic heterocycles. The molecule has 1 aliphatic rings. The lowest BCUT2D eigenvalue weighted by molar-refractivity contribution is -0.0750. The van der Waals surface area contributed by atoms with E-state index in [0.717, 1.165) is 11.3 Å². The number of hydrogen-bond acceptors (Lipinski definition) is 6. The van der Waals surface area contributed by atoms with Crippen molar-refractivity contribution in [2.75, 3.05) is 19.7 Å². The molecule has 1 N–H and O–H groups in total. The molecule has 6 nitrogen and oxygen atoms in total. The van der Waals surface area contributed by atoms with Gasteiger partial charge < -0.3 is 9.84 Å². The highest BCUT2D eigenvalue weighted by Gasteiger charge is 2.34. The number of halogens is 1. The first kappa shape index (κ1) is 14.2. The quantitative estimate of drug-likeness (QED) is 0.882. The van der Waals surface area contributed by atoms with Crippen LogP contribution < -0.4 is 0 Å². The zero-order valence-corrected chi connectivity index (χ0v) is 12.0. The van der Waals surface area contributed by atoms with Crippen LogP contribution in [0.3, 0.4) is 0 Å². The summed E-state index contributed by atoms with van der Waals surface area (Å²) < 4.78 is 31.6. The Kier molecular flexibility index (Phi) is 4.25. The maximum absolute atomic E-state index is 12.3. The van der Waals surface area contributed by atoms with Crippen LogP contribution in [-0.4, -0.2) is 54.7 Å². The van der Waals surface area contributed by atoms with E-state index in [2.05, 4.69) is 4.98 Å². The lowest BCUT2D eigenvalue weighted by atomic mass is 10.2. The maximum atomic E-state index is 12.3. The fraction of sp³-hybridized carbons (Fsp3) is 0.667. The van der Waals surface area contributed by atoms with Crippen LogP contribution in [0.4, 0.5) is 0 Å². The highest BCUT2D eigenvalue weighted by molar-refractivity contribution is 7.91. The molecule has 2 heterocycles. The second-order valence-corrected chi connectivity index (χ2v) is 7.78. The van der Waals surface area contributed by atoms with Gasteiger partial charge in [-0.3, -0.25) is 0 Å². The predicted molar refractivity (Wildman–Crippen MR) is 67.3 cm³/mol.